The third-order valence-electron chi connectivity index (χ3n) is 6.52. The second kappa shape index (κ2) is 7.35. The number of hydrogen-bond donors (Lipinski definition) is 1. The molecule has 0 aliphatic heterocycles. The van der Waals surface area contributed by atoms with E-state index < -0.39 is 66.6 Å². The Hall–Kier alpha value is -2.81. The number of hydrogen-bond acceptors (Lipinski definition) is 3. The van der Waals surface area contributed by atoms with E-state index in [4.69, 9.17) is 4.74 Å². The minimum absolute atomic E-state index is 0.0696. The number of nitriles is 1. The molecule has 0 amide bonds. The van der Waals surface area contributed by atoms with Gasteiger partial charge in [0.25, 0.3) is 11.3 Å². The lowest BCUT2D eigenvalue weighted by Crippen LogP contribution is -2.53. The van der Waals surface area contributed by atoms with Crippen LogP contribution in [0.1, 0.15) is 39.1 Å². The van der Waals surface area contributed by atoms with Crippen molar-refractivity contribution in [3.63, 3.8) is 0 Å². The highest BCUT2D eigenvalue weighted by molar-refractivity contribution is 7.12. The van der Waals surface area contributed by atoms with E-state index in [9.17, 15) is 14.0 Å². The molecule has 2 unspecified atom stereocenters. The Labute approximate surface area is 198 Å². The highest BCUT2D eigenvalue weighted by Crippen LogP contribution is 2.77. The lowest BCUT2D eigenvalue weighted by Gasteiger charge is -2.38. The standard InChI is InChI=1S/C23H18F8N2OS/c1-5-34-14-8-6-7-13-16(14)18(11(3)33-13)20(25)19(24,17-10(2)15(9-32)35-12(17)4)21(26,27)23(30,31)22(20,28)29/h6-8,33H,5H2,1-4H3. The third kappa shape index (κ3) is 2.60. The predicted molar refractivity (Wildman–Crippen MR) is 113 cm³/mol. The summed E-state index contributed by atoms with van der Waals surface area (Å²) in [7, 11) is 0. The molecule has 35 heavy (non-hydrogen) atoms. The summed E-state index contributed by atoms with van der Waals surface area (Å²) in [5, 5.41) is 8.69. The Morgan fingerprint density at radius 2 is 1.49 bits per heavy atom. The van der Waals surface area contributed by atoms with Crippen molar-refractivity contribution in [2.24, 2.45) is 0 Å². The number of rotatable bonds is 4. The summed E-state index contributed by atoms with van der Waals surface area (Å²) in [4.78, 5) is 1.60. The summed E-state index contributed by atoms with van der Waals surface area (Å²) < 4.78 is 130. The van der Waals surface area contributed by atoms with Crippen molar-refractivity contribution in [3.05, 3.63) is 50.3 Å². The van der Waals surface area contributed by atoms with Gasteiger partial charge in [-0.05, 0) is 45.4 Å². The van der Waals surface area contributed by atoms with E-state index in [2.05, 4.69) is 4.98 Å². The molecule has 0 bridgehead atoms. The molecule has 0 radical (unpaired) electrons. The maximum Gasteiger partial charge on any atom is 0.379 e. The van der Waals surface area contributed by atoms with Crippen molar-refractivity contribution in [1.82, 2.24) is 4.98 Å². The number of aromatic amines is 1. The molecule has 1 aliphatic carbocycles. The van der Waals surface area contributed by atoms with Crippen molar-refractivity contribution < 1.29 is 39.9 Å². The lowest BCUT2D eigenvalue weighted by atomic mass is 9.74. The van der Waals surface area contributed by atoms with Gasteiger partial charge in [-0.2, -0.15) is 31.6 Å². The molecule has 12 heteroatoms. The molecule has 1 aromatic carbocycles. The van der Waals surface area contributed by atoms with E-state index in [-0.39, 0.29) is 17.9 Å². The minimum atomic E-state index is -6.44. The van der Waals surface area contributed by atoms with Crippen LogP contribution in [0.3, 0.4) is 0 Å². The van der Waals surface area contributed by atoms with E-state index in [1.54, 1.807) is 6.07 Å². The molecule has 0 spiro atoms. The number of ether oxygens (including phenoxy) is 1. The number of nitrogens with zero attached hydrogens (tertiary/aromatic N) is 1. The van der Waals surface area contributed by atoms with Gasteiger partial charge >= 0.3 is 17.8 Å². The van der Waals surface area contributed by atoms with Crippen LogP contribution < -0.4 is 4.74 Å². The predicted octanol–water partition coefficient (Wildman–Crippen LogP) is 7.37. The zero-order valence-electron chi connectivity index (χ0n) is 18.7. The number of benzene rings is 1. The largest absolute Gasteiger partial charge is 0.493 e. The molecule has 1 aliphatic rings. The van der Waals surface area contributed by atoms with Crippen molar-refractivity contribution >= 4 is 22.2 Å². The van der Waals surface area contributed by atoms with Crippen LogP contribution in [0, 0.1) is 32.1 Å². The summed E-state index contributed by atoms with van der Waals surface area (Å²) in [5.41, 5.74) is -14.6. The summed E-state index contributed by atoms with van der Waals surface area (Å²) in [6.07, 6.45) is 0. The van der Waals surface area contributed by atoms with Crippen LogP contribution >= 0.6 is 11.3 Å². The molecule has 2 heterocycles. The Kier molecular flexibility index (Phi) is 5.31. The number of H-pyrrole nitrogens is 1. The number of thiophene rings is 1. The number of alkyl halides is 8. The Morgan fingerprint density at radius 1 is 0.914 bits per heavy atom. The van der Waals surface area contributed by atoms with Crippen LogP contribution in [0.15, 0.2) is 18.2 Å². The average Bonchev–Trinajstić information content (AvgIpc) is 3.28. The van der Waals surface area contributed by atoms with E-state index in [1.807, 2.05) is 0 Å². The quantitative estimate of drug-likeness (QED) is 0.364. The molecule has 188 valence electrons. The van der Waals surface area contributed by atoms with Gasteiger partial charge in [0.15, 0.2) is 0 Å². The fourth-order valence-corrected chi connectivity index (χ4v) is 6.04. The Balaban J connectivity index is 2.26. The maximum absolute atomic E-state index is 17.0. The lowest BCUT2D eigenvalue weighted by molar-refractivity contribution is -0.293. The normalized spacial score (nSPS) is 26.7. The molecular weight excluding hydrogens is 504 g/mol. The number of aromatic nitrogens is 1. The molecule has 2 aromatic heterocycles. The topological polar surface area (TPSA) is 48.8 Å². The molecule has 3 nitrogen and oxygen atoms in total. The maximum atomic E-state index is 17.0. The molecule has 1 saturated carbocycles. The van der Waals surface area contributed by atoms with Crippen LogP contribution in [-0.4, -0.2) is 29.4 Å². The first kappa shape index (κ1) is 25.3. The smallest absolute Gasteiger partial charge is 0.379 e. The monoisotopic (exact) mass is 522 g/mol. The van der Waals surface area contributed by atoms with Crippen molar-refractivity contribution in [1.29, 1.82) is 5.26 Å². The summed E-state index contributed by atoms with van der Waals surface area (Å²) in [6, 6.07) is 5.41. The molecule has 3 aromatic rings. The van der Waals surface area contributed by atoms with Crippen molar-refractivity contribution in [2.75, 3.05) is 6.61 Å². The zero-order chi connectivity index (χ0) is 26.4. The van der Waals surface area contributed by atoms with Crippen LogP contribution in [-0.2, 0) is 11.3 Å². The number of nitrogens with one attached hydrogen (secondary N) is 1. The fraction of sp³-hybridized carbons (Fsp3) is 0.435. The van der Waals surface area contributed by atoms with Crippen LogP contribution in [0.25, 0.3) is 10.9 Å². The number of fused-ring (bicyclic) bond motifs is 1. The Bertz CT molecular complexity index is 1390. The molecule has 1 N–H and O–H groups in total. The van der Waals surface area contributed by atoms with Gasteiger partial charge in [-0.3, -0.25) is 0 Å². The van der Waals surface area contributed by atoms with E-state index >= 15 is 26.3 Å². The SMILES string of the molecule is CCOc1cccc2[nH]c(C)c(C3(F)C(F)(F)C(F)(F)C(F)(F)C3(F)c3c(C)sc(C#N)c3C)c12. The second-order valence-corrected chi connectivity index (χ2v) is 9.60. The highest BCUT2D eigenvalue weighted by atomic mass is 32.1. The molecule has 0 saturated heterocycles. The van der Waals surface area contributed by atoms with Gasteiger partial charge in [-0.1, -0.05) is 6.07 Å². The van der Waals surface area contributed by atoms with Crippen molar-refractivity contribution in [3.8, 4) is 11.8 Å². The molecule has 1 fully saturated rings. The average molecular weight is 522 g/mol. The van der Waals surface area contributed by atoms with Gasteiger partial charge in [-0.15, -0.1) is 11.3 Å². The molecular formula is C23H18F8N2OS. The van der Waals surface area contributed by atoms with Gasteiger partial charge in [0.2, 0.25) is 0 Å². The second-order valence-electron chi connectivity index (χ2n) is 8.38. The van der Waals surface area contributed by atoms with Crippen LogP contribution in [0.4, 0.5) is 35.1 Å². The van der Waals surface area contributed by atoms with Gasteiger partial charge in [0, 0.05) is 32.6 Å². The van der Waals surface area contributed by atoms with Gasteiger partial charge in [0.1, 0.15) is 16.7 Å². The minimum Gasteiger partial charge on any atom is -0.493 e. The summed E-state index contributed by atoms with van der Waals surface area (Å²) >= 11 is 0.421. The van der Waals surface area contributed by atoms with E-state index in [0.29, 0.717) is 11.3 Å². The first-order valence-electron chi connectivity index (χ1n) is 10.3. The van der Waals surface area contributed by atoms with Crippen LogP contribution in [0.2, 0.25) is 0 Å². The summed E-state index contributed by atoms with van der Waals surface area (Å²) in [6.45, 7) is 4.33. The first-order chi connectivity index (χ1) is 16.1. The highest BCUT2D eigenvalue weighted by Gasteiger charge is 3.00. The summed E-state index contributed by atoms with van der Waals surface area (Å²) in [5.74, 6) is -19.1. The van der Waals surface area contributed by atoms with Crippen LogP contribution in [0.5, 0.6) is 5.75 Å². The van der Waals surface area contributed by atoms with E-state index in [1.165, 1.54) is 25.1 Å². The van der Waals surface area contributed by atoms with Crippen molar-refractivity contribution in [2.45, 2.75) is 56.8 Å². The zero-order valence-corrected chi connectivity index (χ0v) is 19.5. The number of aryl methyl sites for hydroxylation is 2. The molecule has 2 atom stereocenters. The number of halogens is 8. The molecule has 4 rings (SSSR count). The first-order valence-corrected chi connectivity index (χ1v) is 11.2. The van der Waals surface area contributed by atoms with E-state index in [0.717, 1.165) is 20.8 Å². The van der Waals surface area contributed by atoms with Gasteiger partial charge in [0.05, 0.1) is 6.61 Å². The fourth-order valence-electron chi connectivity index (χ4n) is 5.04. The van der Waals surface area contributed by atoms with Gasteiger partial charge < -0.3 is 9.72 Å². The Morgan fingerprint density at radius 3 is 2.00 bits per heavy atom. The third-order valence-corrected chi connectivity index (χ3v) is 7.63. The van der Waals surface area contributed by atoms with Gasteiger partial charge in [-0.25, -0.2) is 8.78 Å².